The highest BCUT2D eigenvalue weighted by Crippen LogP contribution is 2.37. The maximum absolute atomic E-state index is 13.6. The fourth-order valence-electron chi connectivity index (χ4n) is 4.93. The first-order chi connectivity index (χ1) is 20.6. The molecule has 2 aromatic rings. The summed E-state index contributed by atoms with van der Waals surface area (Å²) in [6, 6.07) is 7.73. The summed E-state index contributed by atoms with van der Waals surface area (Å²) in [7, 11) is 4.57. The highest BCUT2D eigenvalue weighted by atomic mass is 127. The van der Waals surface area contributed by atoms with Crippen molar-refractivity contribution >= 4 is 40.7 Å². The maximum atomic E-state index is 13.6. The van der Waals surface area contributed by atoms with E-state index in [1.807, 2.05) is 28.7 Å². The van der Waals surface area contributed by atoms with E-state index in [-0.39, 0.29) is 43.5 Å². The Balaban J connectivity index is 2.03. The lowest BCUT2D eigenvalue weighted by atomic mass is 9.87. The number of aldehydes is 1. The van der Waals surface area contributed by atoms with E-state index in [1.165, 1.54) is 19.3 Å². The van der Waals surface area contributed by atoms with E-state index in [4.69, 9.17) is 18.9 Å². The number of carbonyl (C=O) groups is 3. The average molecular weight is 711 g/mol. The van der Waals surface area contributed by atoms with Gasteiger partial charge < -0.3 is 39.4 Å². The van der Waals surface area contributed by atoms with Gasteiger partial charge in [0.2, 0.25) is 11.8 Å². The molecular weight excluding hydrogens is 671 g/mol. The maximum Gasteiger partial charge on any atom is 0.247 e. The lowest BCUT2D eigenvalue weighted by Gasteiger charge is -2.41. The van der Waals surface area contributed by atoms with Crippen molar-refractivity contribution in [3.05, 3.63) is 56.7 Å². The molecule has 0 unspecified atom stereocenters. The molecule has 2 aromatic carbocycles. The fourth-order valence-corrected chi connectivity index (χ4v) is 5.68. The molecule has 0 saturated carbocycles. The van der Waals surface area contributed by atoms with Gasteiger partial charge >= 0.3 is 0 Å². The summed E-state index contributed by atoms with van der Waals surface area (Å²) in [5, 5.41) is 23.6. The summed E-state index contributed by atoms with van der Waals surface area (Å²) < 4.78 is 23.2. The zero-order valence-corrected chi connectivity index (χ0v) is 27.1. The monoisotopic (exact) mass is 710 g/mol. The predicted molar refractivity (Wildman–Crippen MR) is 168 cm³/mol. The highest BCUT2D eigenvalue weighted by molar-refractivity contribution is 14.1. The second-order valence-electron chi connectivity index (χ2n) is 10.3. The molecule has 3 atom stereocenters. The third-order valence-electron chi connectivity index (χ3n) is 7.14. The van der Waals surface area contributed by atoms with Crippen molar-refractivity contribution in [2.75, 3.05) is 41.0 Å². The van der Waals surface area contributed by atoms with Gasteiger partial charge in [-0.2, -0.15) is 0 Å². The number of rotatable bonds is 14. The smallest absolute Gasteiger partial charge is 0.247 e. The molecule has 3 N–H and O–H groups in total. The van der Waals surface area contributed by atoms with Gasteiger partial charge in [0, 0.05) is 36.6 Å². The molecule has 0 radical (unpaired) electrons. The minimum atomic E-state index is -1.23. The largest absolute Gasteiger partial charge is 0.497 e. The zero-order valence-electron chi connectivity index (χ0n) is 25.0. The standard InChI is InChI=1S/C31H39IN2O9/c1-18(2)31(39)34(10-8-20-14-22(40-3)6-7-25(20)41-4)24-15-21(30(38)33-9-11-35)16-26(28(24)37)43-29-23(32)12-19(17-36)13-27(29)42-5/h6-7,12-14,16-18,24,26,28,35,37H,8-11,15H2,1-5H3,(H,33,38)/t24-,26+,28+/m1/s1. The summed E-state index contributed by atoms with van der Waals surface area (Å²) in [5.41, 5.74) is 1.50. The average Bonchev–Trinajstić information content (AvgIpc) is 3.01. The molecule has 0 bridgehead atoms. The Labute approximate surface area is 265 Å². The number of hydrogen-bond donors (Lipinski definition) is 3. The predicted octanol–water partition coefficient (Wildman–Crippen LogP) is 2.77. The van der Waals surface area contributed by atoms with Gasteiger partial charge in [0.25, 0.3) is 0 Å². The molecule has 43 heavy (non-hydrogen) atoms. The minimum Gasteiger partial charge on any atom is -0.497 e. The summed E-state index contributed by atoms with van der Waals surface area (Å²) >= 11 is 2.01. The summed E-state index contributed by atoms with van der Waals surface area (Å²) in [5.74, 6) is 0.795. The van der Waals surface area contributed by atoms with Crippen molar-refractivity contribution in [3.8, 4) is 23.0 Å². The number of aliphatic hydroxyl groups excluding tert-OH is 2. The minimum absolute atomic E-state index is 0.0398. The molecule has 3 rings (SSSR count). The van der Waals surface area contributed by atoms with E-state index in [0.29, 0.717) is 38.9 Å². The van der Waals surface area contributed by atoms with Gasteiger partial charge in [-0.15, -0.1) is 0 Å². The number of carbonyl (C=O) groups excluding carboxylic acids is 3. The summed E-state index contributed by atoms with van der Waals surface area (Å²) in [4.78, 5) is 39.7. The molecular formula is C31H39IN2O9. The van der Waals surface area contributed by atoms with E-state index in [1.54, 1.807) is 51.2 Å². The van der Waals surface area contributed by atoms with Gasteiger partial charge in [-0.3, -0.25) is 14.4 Å². The molecule has 1 aliphatic rings. The molecule has 1 aliphatic carbocycles. The Hall–Kier alpha value is -3.36. The van der Waals surface area contributed by atoms with Gasteiger partial charge in [0.15, 0.2) is 11.5 Å². The Bertz CT molecular complexity index is 1330. The van der Waals surface area contributed by atoms with Crippen LogP contribution in [-0.2, 0) is 16.0 Å². The lowest BCUT2D eigenvalue weighted by Crippen LogP contribution is -2.56. The van der Waals surface area contributed by atoms with Crippen LogP contribution < -0.4 is 24.3 Å². The first-order valence-corrected chi connectivity index (χ1v) is 14.9. The number of aliphatic hydroxyl groups is 2. The first-order valence-electron chi connectivity index (χ1n) is 13.9. The van der Waals surface area contributed by atoms with E-state index in [2.05, 4.69) is 5.32 Å². The Kier molecular flexibility index (Phi) is 12.6. The van der Waals surface area contributed by atoms with Crippen molar-refractivity contribution in [1.82, 2.24) is 10.2 Å². The second-order valence-corrected chi connectivity index (χ2v) is 11.4. The Morgan fingerprint density at radius 1 is 1.12 bits per heavy atom. The Morgan fingerprint density at radius 3 is 2.44 bits per heavy atom. The van der Waals surface area contributed by atoms with Crippen LogP contribution in [0.2, 0.25) is 0 Å². The third kappa shape index (κ3) is 8.39. The summed E-state index contributed by atoms with van der Waals surface area (Å²) in [6.45, 7) is 3.56. The van der Waals surface area contributed by atoms with Crippen LogP contribution in [0.5, 0.6) is 23.0 Å². The molecule has 234 valence electrons. The lowest BCUT2D eigenvalue weighted by molar-refractivity contribution is -0.141. The highest BCUT2D eigenvalue weighted by Gasteiger charge is 2.41. The van der Waals surface area contributed by atoms with E-state index >= 15 is 0 Å². The van der Waals surface area contributed by atoms with Crippen LogP contribution in [-0.4, -0.2) is 92.5 Å². The SMILES string of the molecule is COc1ccc(OC)c(CCN(C(=O)C(C)C)[C@@H]2CC(C(=O)NCCO)=C[C@H](Oc3c(I)cc(C=O)cc3OC)[C@H]2O)c1. The van der Waals surface area contributed by atoms with Crippen molar-refractivity contribution in [2.45, 2.75) is 44.9 Å². The van der Waals surface area contributed by atoms with Crippen molar-refractivity contribution in [2.24, 2.45) is 5.92 Å². The van der Waals surface area contributed by atoms with Crippen molar-refractivity contribution in [1.29, 1.82) is 0 Å². The van der Waals surface area contributed by atoms with Gasteiger partial charge in [-0.1, -0.05) is 13.8 Å². The number of ether oxygens (including phenoxy) is 4. The zero-order chi connectivity index (χ0) is 31.7. The van der Waals surface area contributed by atoms with Crippen LogP contribution in [0.25, 0.3) is 0 Å². The number of nitrogens with zero attached hydrogens (tertiary/aromatic N) is 1. The number of halogens is 1. The first kappa shape index (κ1) is 34.1. The molecule has 0 spiro atoms. The molecule has 0 aliphatic heterocycles. The van der Waals surface area contributed by atoms with Gasteiger partial charge in [0.1, 0.15) is 30.0 Å². The molecule has 0 aromatic heterocycles. The molecule has 11 nitrogen and oxygen atoms in total. The molecule has 0 heterocycles. The Morgan fingerprint density at radius 2 is 1.84 bits per heavy atom. The normalized spacial score (nSPS) is 18.0. The summed E-state index contributed by atoms with van der Waals surface area (Å²) in [6.07, 6.45) is 0.394. The third-order valence-corrected chi connectivity index (χ3v) is 7.94. The molecule has 12 heteroatoms. The molecule has 0 saturated heterocycles. The van der Waals surface area contributed by atoms with Crippen LogP contribution in [0.3, 0.4) is 0 Å². The van der Waals surface area contributed by atoms with Gasteiger partial charge in [0.05, 0.1) is 37.5 Å². The molecule has 0 fully saturated rings. The topological polar surface area (TPSA) is 144 Å². The van der Waals surface area contributed by atoms with Crippen molar-refractivity contribution < 1.29 is 43.5 Å². The van der Waals surface area contributed by atoms with E-state index in [9.17, 15) is 24.6 Å². The van der Waals surface area contributed by atoms with Crippen LogP contribution in [0, 0.1) is 9.49 Å². The second kappa shape index (κ2) is 15.9. The van der Waals surface area contributed by atoms with Crippen LogP contribution in [0.1, 0.15) is 36.2 Å². The van der Waals surface area contributed by atoms with Crippen molar-refractivity contribution in [3.63, 3.8) is 0 Å². The number of hydrogen-bond acceptors (Lipinski definition) is 9. The number of benzene rings is 2. The van der Waals surface area contributed by atoms with Crippen LogP contribution in [0.4, 0.5) is 0 Å². The van der Waals surface area contributed by atoms with E-state index < -0.39 is 30.1 Å². The number of nitrogens with one attached hydrogen (secondary N) is 1. The van der Waals surface area contributed by atoms with Gasteiger partial charge in [-0.25, -0.2) is 0 Å². The van der Waals surface area contributed by atoms with Crippen LogP contribution >= 0.6 is 22.6 Å². The van der Waals surface area contributed by atoms with Crippen LogP contribution in [0.15, 0.2) is 42.0 Å². The number of methoxy groups -OCH3 is 3. The quantitative estimate of drug-likeness (QED) is 0.199. The number of amides is 2. The molecule has 2 amide bonds. The van der Waals surface area contributed by atoms with E-state index in [0.717, 1.165) is 5.56 Å². The van der Waals surface area contributed by atoms with Gasteiger partial charge in [-0.05, 0) is 71.0 Å². The fraction of sp³-hybridized carbons (Fsp3) is 0.452.